The van der Waals surface area contributed by atoms with Crippen LogP contribution in [0, 0.1) is 11.3 Å². The summed E-state index contributed by atoms with van der Waals surface area (Å²) in [7, 11) is 0. The van der Waals surface area contributed by atoms with Crippen molar-refractivity contribution in [2.75, 3.05) is 0 Å². The molecule has 0 spiro atoms. The van der Waals surface area contributed by atoms with Crippen LogP contribution in [0.25, 0.3) is 0 Å². The van der Waals surface area contributed by atoms with Gasteiger partial charge in [0.2, 0.25) is 0 Å². The van der Waals surface area contributed by atoms with E-state index in [4.69, 9.17) is 16.9 Å². The maximum atomic E-state index is 8.45. The average Bonchev–Trinajstić information content (AvgIpc) is 2.09. The maximum Gasteiger partial charge on any atom is 0.106 e. The molecule has 1 aromatic rings. The molecule has 60 valence electrons. The van der Waals surface area contributed by atoms with Crippen LogP contribution in [-0.2, 0) is 0 Å². The summed E-state index contributed by atoms with van der Waals surface area (Å²) in [5.41, 5.74) is 0. The number of rotatable bonds is 2. The predicted octanol–water partition coefficient (Wildman–Crippen LogP) is 3.47. The van der Waals surface area contributed by atoms with Crippen molar-refractivity contribution in [3.8, 4) is 6.07 Å². The molecule has 0 aromatic heterocycles. The third-order valence-electron chi connectivity index (χ3n) is 1.18. The minimum atomic E-state index is 0.484. The van der Waals surface area contributed by atoms with E-state index in [2.05, 4.69) is 6.58 Å². The van der Waals surface area contributed by atoms with Crippen LogP contribution < -0.4 is 0 Å². The summed E-state index contributed by atoms with van der Waals surface area (Å²) in [5.74, 6) is 0. The lowest BCUT2D eigenvalue weighted by atomic mass is 10.4. The molecule has 12 heavy (non-hydrogen) atoms. The van der Waals surface area contributed by atoms with Gasteiger partial charge in [0.1, 0.15) is 6.07 Å². The van der Waals surface area contributed by atoms with Gasteiger partial charge in [-0.05, 0) is 24.3 Å². The van der Waals surface area contributed by atoms with Crippen LogP contribution in [0.4, 0.5) is 0 Å². The highest BCUT2D eigenvalue weighted by Gasteiger charge is 1.95. The fourth-order valence-electron chi connectivity index (χ4n) is 0.668. The summed E-state index contributed by atoms with van der Waals surface area (Å²) in [6, 6.07) is 9.25. The zero-order chi connectivity index (χ0) is 8.97. The molecule has 0 aliphatic rings. The van der Waals surface area contributed by atoms with Gasteiger partial charge < -0.3 is 0 Å². The van der Waals surface area contributed by atoms with E-state index >= 15 is 0 Å². The third kappa shape index (κ3) is 2.61. The Morgan fingerprint density at radius 3 is 2.50 bits per heavy atom. The summed E-state index contributed by atoms with van der Waals surface area (Å²) in [5, 5.41) is 9.15. The van der Waals surface area contributed by atoms with Crippen molar-refractivity contribution in [1.82, 2.24) is 0 Å². The Balaban J connectivity index is 2.73. The molecule has 1 nitrogen and oxygen atoms in total. The summed E-state index contributed by atoms with van der Waals surface area (Å²) < 4.78 is 0. The van der Waals surface area contributed by atoms with Crippen LogP contribution in [-0.4, -0.2) is 0 Å². The monoisotopic (exact) mass is 195 g/mol. The second-order valence-electron chi connectivity index (χ2n) is 2.09. The number of hydrogen-bond donors (Lipinski definition) is 0. The number of halogens is 1. The topological polar surface area (TPSA) is 23.8 Å². The number of nitrogens with zero attached hydrogens (tertiary/aromatic N) is 1. The Bertz CT molecular complexity index is 323. The highest BCUT2D eigenvalue weighted by Crippen LogP contribution is 2.25. The molecule has 0 heterocycles. The molecule has 0 unspecified atom stereocenters. The largest absolute Gasteiger partial charge is 0.192 e. The van der Waals surface area contributed by atoms with Gasteiger partial charge in [-0.1, -0.05) is 29.9 Å². The summed E-state index contributed by atoms with van der Waals surface area (Å²) >= 11 is 7.02. The molecule has 0 N–H and O–H groups in total. The summed E-state index contributed by atoms with van der Waals surface area (Å²) in [6.07, 6.45) is 0. The average molecular weight is 196 g/mol. The minimum Gasteiger partial charge on any atom is -0.192 e. The van der Waals surface area contributed by atoms with E-state index in [0.29, 0.717) is 9.93 Å². The first-order valence-electron chi connectivity index (χ1n) is 3.25. The lowest BCUT2D eigenvalue weighted by Gasteiger charge is -1.96. The molecule has 0 saturated carbocycles. The number of benzene rings is 1. The van der Waals surface area contributed by atoms with E-state index < -0.39 is 0 Å². The van der Waals surface area contributed by atoms with Gasteiger partial charge in [0.25, 0.3) is 0 Å². The van der Waals surface area contributed by atoms with Crippen molar-refractivity contribution < 1.29 is 0 Å². The SMILES string of the molecule is C=C(C#N)Sc1ccc(Cl)cc1. The van der Waals surface area contributed by atoms with E-state index in [0.717, 1.165) is 4.90 Å². The van der Waals surface area contributed by atoms with Gasteiger partial charge in [-0.2, -0.15) is 5.26 Å². The van der Waals surface area contributed by atoms with Gasteiger partial charge in [0.05, 0.1) is 4.91 Å². The van der Waals surface area contributed by atoms with Gasteiger partial charge in [-0.3, -0.25) is 0 Å². The van der Waals surface area contributed by atoms with Crippen molar-refractivity contribution in [2.45, 2.75) is 4.90 Å². The highest BCUT2D eigenvalue weighted by molar-refractivity contribution is 8.03. The van der Waals surface area contributed by atoms with Crippen LogP contribution in [0.1, 0.15) is 0 Å². The third-order valence-corrected chi connectivity index (χ3v) is 2.28. The molecule has 1 aromatic carbocycles. The fourth-order valence-corrected chi connectivity index (χ4v) is 1.40. The molecular weight excluding hydrogens is 190 g/mol. The Morgan fingerprint density at radius 1 is 1.42 bits per heavy atom. The standard InChI is InChI=1S/C9H6ClNS/c1-7(6-11)12-9-4-2-8(10)3-5-9/h2-5H,1H2. The second kappa shape index (κ2) is 4.20. The van der Waals surface area contributed by atoms with Crippen molar-refractivity contribution in [2.24, 2.45) is 0 Å². The van der Waals surface area contributed by atoms with Crippen LogP contribution in [0.3, 0.4) is 0 Å². The zero-order valence-corrected chi connectivity index (χ0v) is 7.82. The van der Waals surface area contributed by atoms with Crippen LogP contribution >= 0.6 is 23.4 Å². The first-order valence-corrected chi connectivity index (χ1v) is 4.44. The fraction of sp³-hybridized carbons (Fsp3) is 0. The Morgan fingerprint density at radius 2 is 2.00 bits per heavy atom. The van der Waals surface area contributed by atoms with E-state index in [1.807, 2.05) is 18.2 Å². The molecule has 3 heteroatoms. The van der Waals surface area contributed by atoms with Crippen molar-refractivity contribution >= 4 is 23.4 Å². The van der Waals surface area contributed by atoms with E-state index in [9.17, 15) is 0 Å². The van der Waals surface area contributed by atoms with Gasteiger partial charge in [-0.25, -0.2) is 0 Å². The molecule has 1 rings (SSSR count). The lowest BCUT2D eigenvalue weighted by molar-refractivity contribution is 1.46. The zero-order valence-electron chi connectivity index (χ0n) is 6.25. The Kier molecular flexibility index (Phi) is 3.21. The number of nitriles is 1. The van der Waals surface area contributed by atoms with Gasteiger partial charge >= 0.3 is 0 Å². The van der Waals surface area contributed by atoms with E-state index in [-0.39, 0.29) is 0 Å². The highest BCUT2D eigenvalue weighted by atomic mass is 35.5. The molecule has 0 atom stereocenters. The van der Waals surface area contributed by atoms with Gasteiger partial charge in [-0.15, -0.1) is 0 Å². The molecule has 0 amide bonds. The van der Waals surface area contributed by atoms with Crippen molar-refractivity contribution in [3.05, 3.63) is 40.8 Å². The predicted molar refractivity (Wildman–Crippen MR) is 52.1 cm³/mol. The molecule has 0 radical (unpaired) electrons. The quantitative estimate of drug-likeness (QED) is 0.533. The first-order chi connectivity index (χ1) is 5.72. The van der Waals surface area contributed by atoms with E-state index in [1.54, 1.807) is 12.1 Å². The van der Waals surface area contributed by atoms with Crippen molar-refractivity contribution in [3.63, 3.8) is 0 Å². The normalized spacial score (nSPS) is 9.00. The second-order valence-corrected chi connectivity index (χ2v) is 3.70. The number of hydrogen-bond acceptors (Lipinski definition) is 2. The minimum absolute atomic E-state index is 0.484. The number of thioether (sulfide) groups is 1. The van der Waals surface area contributed by atoms with Gasteiger partial charge in [0.15, 0.2) is 0 Å². The smallest absolute Gasteiger partial charge is 0.106 e. The Hall–Kier alpha value is -0.910. The van der Waals surface area contributed by atoms with E-state index in [1.165, 1.54) is 11.8 Å². The van der Waals surface area contributed by atoms with Gasteiger partial charge in [0, 0.05) is 9.92 Å². The van der Waals surface area contributed by atoms with Crippen LogP contribution in [0.5, 0.6) is 0 Å². The van der Waals surface area contributed by atoms with Crippen LogP contribution in [0.2, 0.25) is 5.02 Å². The maximum absolute atomic E-state index is 8.45. The molecule has 0 fully saturated rings. The molecule has 0 aliphatic heterocycles. The summed E-state index contributed by atoms with van der Waals surface area (Å²) in [6.45, 7) is 3.56. The summed E-state index contributed by atoms with van der Waals surface area (Å²) in [4.78, 5) is 1.46. The lowest BCUT2D eigenvalue weighted by Crippen LogP contribution is -1.71. The molecule has 0 aliphatic carbocycles. The van der Waals surface area contributed by atoms with Crippen molar-refractivity contribution in [1.29, 1.82) is 5.26 Å². The van der Waals surface area contributed by atoms with Crippen LogP contribution in [0.15, 0.2) is 40.6 Å². The first kappa shape index (κ1) is 9.18. The molecular formula is C9H6ClNS. The number of allylic oxidation sites excluding steroid dienone is 1. The molecule has 0 bridgehead atoms. The Labute approximate surface area is 80.7 Å². The molecule has 0 saturated heterocycles.